The number of halogens is 1. The maximum absolute atomic E-state index is 12.4. The highest BCUT2D eigenvalue weighted by Gasteiger charge is 2.11. The third-order valence-corrected chi connectivity index (χ3v) is 4.28. The second kappa shape index (κ2) is 6.40. The smallest absolute Gasteiger partial charge is 0.255 e. The van der Waals surface area contributed by atoms with Gasteiger partial charge in [0.25, 0.3) is 5.56 Å². The van der Waals surface area contributed by atoms with E-state index in [0.717, 1.165) is 23.5 Å². The molecule has 0 aliphatic carbocycles. The first-order chi connectivity index (χ1) is 9.13. The lowest BCUT2D eigenvalue weighted by Gasteiger charge is -2.14. The molecule has 0 spiro atoms. The Labute approximate surface area is 122 Å². The zero-order chi connectivity index (χ0) is 13.8. The van der Waals surface area contributed by atoms with Crippen molar-refractivity contribution in [3.63, 3.8) is 0 Å². The highest BCUT2D eigenvalue weighted by Crippen LogP contribution is 2.24. The summed E-state index contributed by atoms with van der Waals surface area (Å²) >= 11 is 7.49. The fourth-order valence-corrected chi connectivity index (χ4v) is 2.94. The van der Waals surface area contributed by atoms with Gasteiger partial charge in [0.15, 0.2) is 0 Å². The van der Waals surface area contributed by atoms with Crippen molar-refractivity contribution >= 4 is 22.9 Å². The van der Waals surface area contributed by atoms with Gasteiger partial charge in [-0.15, -0.1) is 22.9 Å². The van der Waals surface area contributed by atoms with E-state index in [1.165, 1.54) is 0 Å². The minimum atomic E-state index is 0.0431. The van der Waals surface area contributed by atoms with E-state index in [-0.39, 0.29) is 11.4 Å². The summed E-state index contributed by atoms with van der Waals surface area (Å²) < 4.78 is 1.86. The zero-order valence-corrected chi connectivity index (χ0v) is 12.8. The summed E-state index contributed by atoms with van der Waals surface area (Å²) in [7, 11) is 0. The highest BCUT2D eigenvalue weighted by atomic mass is 35.5. The van der Waals surface area contributed by atoms with Crippen molar-refractivity contribution in [1.29, 1.82) is 0 Å². The number of aromatic nitrogens is 1. The Morgan fingerprint density at radius 3 is 2.68 bits per heavy atom. The Hall–Kier alpha value is -1.06. The van der Waals surface area contributed by atoms with Crippen LogP contribution in [0.25, 0.3) is 10.6 Å². The third kappa shape index (κ3) is 3.28. The van der Waals surface area contributed by atoms with Gasteiger partial charge in [-0.25, -0.2) is 0 Å². The summed E-state index contributed by atoms with van der Waals surface area (Å²) in [6.45, 7) is 5.08. The minimum Gasteiger partial charge on any atom is -0.307 e. The summed E-state index contributed by atoms with van der Waals surface area (Å²) in [5.41, 5.74) is 1.71. The Kier molecular flexibility index (Phi) is 4.83. The molecule has 0 fully saturated rings. The monoisotopic (exact) mass is 295 g/mol. The average molecular weight is 296 g/mol. The molecule has 4 heteroatoms. The van der Waals surface area contributed by atoms with Crippen molar-refractivity contribution in [2.75, 3.05) is 0 Å². The molecule has 2 heterocycles. The fourth-order valence-electron chi connectivity index (χ4n) is 1.97. The quantitative estimate of drug-likeness (QED) is 0.751. The Morgan fingerprint density at radius 2 is 2.11 bits per heavy atom. The first-order valence-electron chi connectivity index (χ1n) is 6.46. The molecule has 0 radical (unpaired) electrons. The van der Waals surface area contributed by atoms with Crippen LogP contribution in [0.3, 0.4) is 0 Å². The molecule has 102 valence electrons. The largest absolute Gasteiger partial charge is 0.307 e. The number of pyridine rings is 1. The summed E-state index contributed by atoms with van der Waals surface area (Å²) in [5.74, 6) is 0.841. The topological polar surface area (TPSA) is 22.0 Å². The van der Waals surface area contributed by atoms with Crippen LogP contribution in [0.1, 0.15) is 25.8 Å². The molecule has 0 bridgehead atoms. The molecular formula is C15H18ClNOS. The van der Waals surface area contributed by atoms with Crippen LogP contribution in [0.2, 0.25) is 0 Å². The molecule has 0 saturated heterocycles. The van der Waals surface area contributed by atoms with Gasteiger partial charge in [0.05, 0.1) is 16.5 Å². The van der Waals surface area contributed by atoms with Gasteiger partial charge in [-0.3, -0.25) is 4.79 Å². The molecule has 0 amide bonds. The molecule has 2 nitrogen and oxygen atoms in total. The minimum absolute atomic E-state index is 0.0431. The van der Waals surface area contributed by atoms with Gasteiger partial charge in [-0.1, -0.05) is 26.0 Å². The Morgan fingerprint density at radius 1 is 1.32 bits per heavy atom. The molecule has 0 N–H and O–H groups in total. The second-order valence-corrected chi connectivity index (χ2v) is 6.21. The van der Waals surface area contributed by atoms with Gasteiger partial charge in [-0.2, -0.15) is 0 Å². The predicted octanol–water partition coefficient (Wildman–Crippen LogP) is 4.36. The molecule has 2 rings (SSSR count). The summed E-state index contributed by atoms with van der Waals surface area (Å²) in [6, 6.07) is 7.90. The van der Waals surface area contributed by atoms with E-state index in [0.29, 0.717) is 11.5 Å². The Balaban J connectivity index is 2.48. The van der Waals surface area contributed by atoms with E-state index >= 15 is 0 Å². The van der Waals surface area contributed by atoms with Crippen molar-refractivity contribution in [2.24, 2.45) is 5.92 Å². The van der Waals surface area contributed by atoms with E-state index in [2.05, 4.69) is 13.8 Å². The van der Waals surface area contributed by atoms with Crippen molar-refractivity contribution in [3.05, 3.63) is 45.6 Å². The molecule has 0 aliphatic heterocycles. The lowest BCUT2D eigenvalue weighted by Crippen LogP contribution is -2.25. The molecule has 0 atom stereocenters. The highest BCUT2D eigenvalue weighted by molar-refractivity contribution is 7.13. The van der Waals surface area contributed by atoms with Crippen molar-refractivity contribution < 1.29 is 0 Å². The number of thiophene rings is 1. The van der Waals surface area contributed by atoms with Gasteiger partial charge in [-0.05, 0) is 29.9 Å². The number of rotatable bonds is 5. The summed E-state index contributed by atoms with van der Waals surface area (Å²) in [6.07, 6.45) is 0.990. The number of alkyl halides is 1. The van der Waals surface area contributed by atoms with Gasteiger partial charge in [0.2, 0.25) is 0 Å². The molecule has 0 aromatic carbocycles. The van der Waals surface area contributed by atoms with E-state index in [4.69, 9.17) is 11.6 Å². The van der Waals surface area contributed by atoms with Gasteiger partial charge in [0, 0.05) is 12.1 Å². The van der Waals surface area contributed by atoms with Gasteiger partial charge in [0.1, 0.15) is 0 Å². The first-order valence-corrected chi connectivity index (χ1v) is 7.87. The number of hydrogen-bond donors (Lipinski definition) is 0. The van der Waals surface area contributed by atoms with Crippen LogP contribution in [-0.4, -0.2) is 4.57 Å². The van der Waals surface area contributed by atoms with Crippen LogP contribution >= 0.6 is 22.9 Å². The third-order valence-electron chi connectivity index (χ3n) is 3.10. The SMILES string of the molecule is CC(C)CCn1c(-c2cccs2)ccc(CCl)c1=O. The van der Waals surface area contributed by atoms with Gasteiger partial charge >= 0.3 is 0 Å². The van der Waals surface area contributed by atoms with Gasteiger partial charge < -0.3 is 4.57 Å². The number of nitrogens with zero attached hydrogens (tertiary/aromatic N) is 1. The van der Waals surface area contributed by atoms with E-state index < -0.39 is 0 Å². The maximum atomic E-state index is 12.4. The van der Waals surface area contributed by atoms with Crippen LogP contribution < -0.4 is 5.56 Å². The van der Waals surface area contributed by atoms with E-state index in [9.17, 15) is 4.79 Å². The molecular weight excluding hydrogens is 278 g/mol. The summed E-state index contributed by atoms with van der Waals surface area (Å²) in [5, 5.41) is 2.03. The number of hydrogen-bond acceptors (Lipinski definition) is 2. The average Bonchev–Trinajstić information content (AvgIpc) is 2.90. The van der Waals surface area contributed by atoms with Crippen molar-refractivity contribution in [1.82, 2.24) is 4.57 Å². The van der Waals surface area contributed by atoms with Crippen molar-refractivity contribution in [2.45, 2.75) is 32.7 Å². The van der Waals surface area contributed by atoms with Crippen molar-refractivity contribution in [3.8, 4) is 10.6 Å². The molecule has 2 aromatic heterocycles. The predicted molar refractivity (Wildman–Crippen MR) is 83.0 cm³/mol. The summed E-state index contributed by atoms with van der Waals surface area (Å²) in [4.78, 5) is 13.5. The first kappa shape index (κ1) is 14.4. The molecule has 0 unspecified atom stereocenters. The normalized spacial score (nSPS) is 11.2. The second-order valence-electron chi connectivity index (χ2n) is 4.99. The lowest BCUT2D eigenvalue weighted by atomic mass is 10.1. The van der Waals surface area contributed by atoms with E-state index in [1.54, 1.807) is 11.3 Å². The standard InChI is InChI=1S/C15H18ClNOS/c1-11(2)7-8-17-13(14-4-3-9-19-14)6-5-12(10-16)15(17)18/h3-6,9,11H,7-8,10H2,1-2H3. The van der Waals surface area contributed by atoms with Crippen LogP contribution in [-0.2, 0) is 12.4 Å². The fraction of sp³-hybridized carbons (Fsp3) is 0.400. The molecule has 0 saturated carbocycles. The lowest BCUT2D eigenvalue weighted by molar-refractivity contribution is 0.510. The molecule has 2 aromatic rings. The van der Waals surface area contributed by atoms with Crippen LogP contribution in [0.5, 0.6) is 0 Å². The van der Waals surface area contributed by atoms with Crippen LogP contribution in [0, 0.1) is 5.92 Å². The van der Waals surface area contributed by atoms with E-state index in [1.807, 2.05) is 34.2 Å². The van der Waals surface area contributed by atoms with Crippen LogP contribution in [0.15, 0.2) is 34.4 Å². The molecule has 0 aliphatic rings. The molecule has 19 heavy (non-hydrogen) atoms. The Bertz CT molecular complexity index is 587. The van der Waals surface area contributed by atoms with Crippen LogP contribution in [0.4, 0.5) is 0 Å². The zero-order valence-electron chi connectivity index (χ0n) is 11.2. The maximum Gasteiger partial charge on any atom is 0.255 e.